The van der Waals surface area contributed by atoms with Crippen LogP contribution in [0.5, 0.6) is 0 Å². The van der Waals surface area contributed by atoms with Gasteiger partial charge in [0.1, 0.15) is 0 Å². The Labute approximate surface area is 109 Å². The van der Waals surface area contributed by atoms with E-state index in [9.17, 15) is 0 Å². The molecule has 0 amide bonds. The lowest BCUT2D eigenvalue weighted by molar-refractivity contribution is -0.0277. The second kappa shape index (κ2) is 4.86. The molecule has 0 saturated carbocycles. The first-order valence-corrected chi connectivity index (χ1v) is 6.49. The van der Waals surface area contributed by atoms with Crippen molar-refractivity contribution in [3.63, 3.8) is 0 Å². The standard InChI is InChI=1S/C14H23N3O/c1-10-7-13(12(8-15)11(2)16-10)17-5-6-18-14(3,4)9-17/h7H,5-6,8-9,15H2,1-4H3. The molecule has 0 atom stereocenters. The van der Waals surface area contributed by atoms with Gasteiger partial charge in [0.25, 0.3) is 0 Å². The third kappa shape index (κ3) is 2.65. The van der Waals surface area contributed by atoms with Gasteiger partial charge >= 0.3 is 0 Å². The molecule has 1 aromatic heterocycles. The molecule has 1 fully saturated rings. The second-order valence-electron chi connectivity index (χ2n) is 5.58. The topological polar surface area (TPSA) is 51.4 Å². The Bertz CT molecular complexity index is 443. The van der Waals surface area contributed by atoms with Gasteiger partial charge in [-0.1, -0.05) is 0 Å². The molecule has 0 unspecified atom stereocenters. The Kier molecular flexibility index (Phi) is 3.59. The lowest BCUT2D eigenvalue weighted by Gasteiger charge is -2.40. The van der Waals surface area contributed by atoms with Crippen molar-refractivity contribution in [3.05, 3.63) is 23.0 Å². The summed E-state index contributed by atoms with van der Waals surface area (Å²) in [5, 5.41) is 0. The van der Waals surface area contributed by atoms with E-state index >= 15 is 0 Å². The molecule has 100 valence electrons. The van der Waals surface area contributed by atoms with Gasteiger partial charge < -0.3 is 15.4 Å². The van der Waals surface area contributed by atoms with Crippen molar-refractivity contribution in [1.29, 1.82) is 0 Å². The lowest BCUT2D eigenvalue weighted by Crippen LogP contribution is -2.48. The molecule has 2 heterocycles. The number of nitrogens with zero attached hydrogens (tertiary/aromatic N) is 2. The minimum Gasteiger partial charge on any atom is -0.372 e. The van der Waals surface area contributed by atoms with Crippen LogP contribution in [0.2, 0.25) is 0 Å². The molecule has 4 heteroatoms. The van der Waals surface area contributed by atoms with E-state index in [-0.39, 0.29) is 5.60 Å². The summed E-state index contributed by atoms with van der Waals surface area (Å²) in [6, 6.07) is 2.14. The summed E-state index contributed by atoms with van der Waals surface area (Å²) in [7, 11) is 0. The Hall–Kier alpha value is -1.13. The SMILES string of the molecule is Cc1cc(N2CCOC(C)(C)C2)c(CN)c(C)n1. The molecule has 4 nitrogen and oxygen atoms in total. The number of anilines is 1. The van der Waals surface area contributed by atoms with E-state index in [0.717, 1.165) is 36.6 Å². The van der Waals surface area contributed by atoms with Gasteiger partial charge in [0.2, 0.25) is 0 Å². The van der Waals surface area contributed by atoms with Gasteiger partial charge in [-0.05, 0) is 33.8 Å². The summed E-state index contributed by atoms with van der Waals surface area (Å²) in [6.45, 7) is 11.4. The first-order chi connectivity index (χ1) is 8.43. The minimum absolute atomic E-state index is 0.102. The quantitative estimate of drug-likeness (QED) is 0.868. The molecule has 1 saturated heterocycles. The van der Waals surface area contributed by atoms with Crippen molar-refractivity contribution < 1.29 is 4.74 Å². The normalized spacial score (nSPS) is 19.1. The molecule has 1 aliphatic heterocycles. The van der Waals surface area contributed by atoms with Crippen molar-refractivity contribution in [3.8, 4) is 0 Å². The van der Waals surface area contributed by atoms with Crippen LogP contribution >= 0.6 is 0 Å². The van der Waals surface area contributed by atoms with Crippen LogP contribution in [0.15, 0.2) is 6.07 Å². The van der Waals surface area contributed by atoms with Gasteiger partial charge in [-0.25, -0.2) is 0 Å². The number of aromatic nitrogens is 1. The number of aryl methyl sites for hydroxylation is 2. The maximum atomic E-state index is 5.88. The molecular weight excluding hydrogens is 226 g/mol. The van der Waals surface area contributed by atoms with Gasteiger partial charge in [0.15, 0.2) is 0 Å². The zero-order valence-corrected chi connectivity index (χ0v) is 11.8. The molecular formula is C14H23N3O. The minimum atomic E-state index is -0.102. The summed E-state index contributed by atoms with van der Waals surface area (Å²) >= 11 is 0. The van der Waals surface area contributed by atoms with Gasteiger partial charge in [-0.15, -0.1) is 0 Å². The van der Waals surface area contributed by atoms with Gasteiger partial charge in [-0.3, -0.25) is 4.98 Å². The van der Waals surface area contributed by atoms with E-state index in [1.165, 1.54) is 5.69 Å². The van der Waals surface area contributed by atoms with Crippen molar-refractivity contribution >= 4 is 5.69 Å². The fraction of sp³-hybridized carbons (Fsp3) is 0.643. The summed E-state index contributed by atoms with van der Waals surface area (Å²) in [6.07, 6.45) is 0. The highest BCUT2D eigenvalue weighted by atomic mass is 16.5. The average molecular weight is 249 g/mol. The predicted octanol–water partition coefficient (Wildman–Crippen LogP) is 1.77. The Balaban J connectivity index is 2.37. The third-order valence-electron chi connectivity index (χ3n) is 3.41. The summed E-state index contributed by atoms with van der Waals surface area (Å²) in [5.41, 5.74) is 10.2. The van der Waals surface area contributed by atoms with Crippen LogP contribution in [0.3, 0.4) is 0 Å². The number of rotatable bonds is 2. The monoisotopic (exact) mass is 249 g/mol. The molecule has 1 aliphatic rings. The maximum Gasteiger partial charge on any atom is 0.0801 e. The number of morpholine rings is 1. The molecule has 0 spiro atoms. The van der Waals surface area contributed by atoms with E-state index < -0.39 is 0 Å². The van der Waals surface area contributed by atoms with E-state index in [2.05, 4.69) is 29.8 Å². The Morgan fingerprint density at radius 2 is 2.17 bits per heavy atom. The van der Waals surface area contributed by atoms with Crippen LogP contribution in [0.1, 0.15) is 30.8 Å². The fourth-order valence-electron chi connectivity index (χ4n) is 2.59. The van der Waals surface area contributed by atoms with Gasteiger partial charge in [0, 0.05) is 42.3 Å². The first kappa shape index (κ1) is 13.3. The summed E-state index contributed by atoms with van der Waals surface area (Å²) in [4.78, 5) is 6.87. The van der Waals surface area contributed by atoms with Crippen LogP contribution < -0.4 is 10.6 Å². The van der Waals surface area contributed by atoms with E-state index in [1.54, 1.807) is 0 Å². The summed E-state index contributed by atoms with van der Waals surface area (Å²) in [5.74, 6) is 0. The van der Waals surface area contributed by atoms with Crippen LogP contribution in [-0.2, 0) is 11.3 Å². The number of ether oxygens (including phenoxy) is 1. The maximum absolute atomic E-state index is 5.88. The predicted molar refractivity (Wildman–Crippen MR) is 73.8 cm³/mol. The first-order valence-electron chi connectivity index (χ1n) is 6.49. The molecule has 18 heavy (non-hydrogen) atoms. The van der Waals surface area contributed by atoms with Crippen molar-refractivity contribution in [1.82, 2.24) is 4.98 Å². The molecule has 1 aromatic rings. The third-order valence-corrected chi connectivity index (χ3v) is 3.41. The van der Waals surface area contributed by atoms with Gasteiger partial charge in [-0.2, -0.15) is 0 Å². The zero-order valence-electron chi connectivity index (χ0n) is 11.8. The number of hydrogen-bond donors (Lipinski definition) is 1. The fourth-order valence-corrected chi connectivity index (χ4v) is 2.59. The van der Waals surface area contributed by atoms with Crippen LogP contribution in [-0.4, -0.2) is 30.3 Å². The van der Waals surface area contributed by atoms with Crippen LogP contribution in [0.25, 0.3) is 0 Å². The highest BCUT2D eigenvalue weighted by Crippen LogP contribution is 2.28. The molecule has 0 aromatic carbocycles. The van der Waals surface area contributed by atoms with Crippen molar-refractivity contribution in [2.45, 2.75) is 39.8 Å². The van der Waals surface area contributed by atoms with Crippen LogP contribution in [0, 0.1) is 13.8 Å². The lowest BCUT2D eigenvalue weighted by atomic mass is 10.0. The van der Waals surface area contributed by atoms with Crippen LogP contribution in [0.4, 0.5) is 5.69 Å². The molecule has 0 bridgehead atoms. The van der Waals surface area contributed by atoms with Crippen molar-refractivity contribution in [2.75, 3.05) is 24.6 Å². The number of nitrogens with two attached hydrogens (primary N) is 1. The highest BCUT2D eigenvalue weighted by molar-refractivity contribution is 5.56. The van der Waals surface area contributed by atoms with Crippen molar-refractivity contribution in [2.24, 2.45) is 5.73 Å². The second-order valence-corrected chi connectivity index (χ2v) is 5.58. The van der Waals surface area contributed by atoms with E-state index in [0.29, 0.717) is 6.54 Å². The van der Waals surface area contributed by atoms with E-state index in [4.69, 9.17) is 10.5 Å². The molecule has 0 aliphatic carbocycles. The number of hydrogen-bond acceptors (Lipinski definition) is 4. The highest BCUT2D eigenvalue weighted by Gasteiger charge is 2.28. The van der Waals surface area contributed by atoms with E-state index in [1.807, 2.05) is 13.8 Å². The average Bonchev–Trinajstić information content (AvgIpc) is 2.26. The Morgan fingerprint density at radius 3 is 2.78 bits per heavy atom. The zero-order chi connectivity index (χ0) is 13.3. The van der Waals surface area contributed by atoms with Gasteiger partial charge in [0.05, 0.1) is 12.2 Å². The largest absolute Gasteiger partial charge is 0.372 e. The Morgan fingerprint density at radius 1 is 1.44 bits per heavy atom. The molecule has 2 N–H and O–H groups in total. The smallest absolute Gasteiger partial charge is 0.0801 e. The number of pyridine rings is 1. The molecule has 0 radical (unpaired) electrons. The summed E-state index contributed by atoms with van der Waals surface area (Å²) < 4.78 is 5.76. The molecule has 2 rings (SSSR count).